The Morgan fingerprint density at radius 2 is 2.07 bits per heavy atom. The average molecular weight is 227 g/mol. The molecular formula is C11H15ClN2O. The second kappa shape index (κ2) is 6.43. The smallest absolute Gasteiger partial charge is 0.234 e. The Morgan fingerprint density at radius 3 is 2.67 bits per heavy atom. The van der Waals surface area contributed by atoms with Gasteiger partial charge in [0.15, 0.2) is 0 Å². The number of carbonyl (C=O) groups is 1. The quantitative estimate of drug-likeness (QED) is 0.750. The Hall–Kier alpha value is -1.06. The summed E-state index contributed by atoms with van der Waals surface area (Å²) in [7, 11) is 0. The minimum Gasteiger partial charge on any atom is -0.327 e. The number of halogens is 1. The molecule has 0 aromatic heterocycles. The van der Waals surface area contributed by atoms with Crippen LogP contribution in [0, 0.1) is 0 Å². The molecule has 3 N–H and O–H groups in total. The van der Waals surface area contributed by atoms with E-state index in [1.165, 1.54) is 5.56 Å². The summed E-state index contributed by atoms with van der Waals surface area (Å²) in [4.78, 5) is 12.9. The maximum atomic E-state index is 10.9. The molecule has 4 heteroatoms. The lowest BCUT2D eigenvalue weighted by molar-refractivity contribution is -0.119. The molecule has 1 rings (SSSR count). The lowest BCUT2D eigenvalue weighted by Gasteiger charge is -2.10. The van der Waals surface area contributed by atoms with E-state index < -0.39 is 0 Å². The fourth-order valence-electron chi connectivity index (χ4n) is 1.38. The van der Waals surface area contributed by atoms with Gasteiger partial charge in [-0.25, -0.2) is 0 Å². The molecule has 0 unspecified atom stereocenters. The molecule has 0 aliphatic carbocycles. The van der Waals surface area contributed by atoms with Gasteiger partial charge in [-0.05, 0) is 18.4 Å². The summed E-state index contributed by atoms with van der Waals surface area (Å²) in [5, 5.41) is 0. The SMILES string of the molecule is N[C@@H](CCC(=O)NCl)Cc1ccccc1. The Bertz CT molecular complexity index is 303. The van der Waals surface area contributed by atoms with Crippen LogP contribution < -0.4 is 10.6 Å². The highest BCUT2D eigenvalue weighted by molar-refractivity contribution is 6.21. The lowest BCUT2D eigenvalue weighted by Crippen LogP contribution is -2.25. The zero-order chi connectivity index (χ0) is 11.1. The number of nitrogens with two attached hydrogens (primary N) is 1. The van der Waals surface area contributed by atoms with Crippen molar-refractivity contribution < 1.29 is 4.79 Å². The number of rotatable bonds is 5. The molecule has 1 amide bonds. The summed E-state index contributed by atoms with van der Waals surface area (Å²) in [6.07, 6.45) is 1.81. The fourth-order valence-corrected chi connectivity index (χ4v) is 1.48. The van der Waals surface area contributed by atoms with Gasteiger partial charge in [0.25, 0.3) is 0 Å². The molecule has 0 saturated carbocycles. The maximum Gasteiger partial charge on any atom is 0.234 e. The highest BCUT2D eigenvalue weighted by Gasteiger charge is 2.06. The van der Waals surface area contributed by atoms with Crippen LogP contribution >= 0.6 is 11.8 Å². The van der Waals surface area contributed by atoms with Crippen molar-refractivity contribution in [2.24, 2.45) is 5.73 Å². The monoisotopic (exact) mass is 226 g/mol. The summed E-state index contributed by atoms with van der Waals surface area (Å²) in [6.45, 7) is 0. The van der Waals surface area contributed by atoms with Crippen molar-refractivity contribution in [1.29, 1.82) is 0 Å². The highest BCUT2D eigenvalue weighted by atomic mass is 35.5. The summed E-state index contributed by atoms with van der Waals surface area (Å²) in [5.41, 5.74) is 7.08. The highest BCUT2D eigenvalue weighted by Crippen LogP contribution is 2.05. The van der Waals surface area contributed by atoms with Gasteiger partial charge >= 0.3 is 0 Å². The molecule has 0 spiro atoms. The van der Waals surface area contributed by atoms with E-state index in [0.717, 1.165) is 6.42 Å². The van der Waals surface area contributed by atoms with Gasteiger partial charge in [0, 0.05) is 24.2 Å². The molecule has 1 atom stereocenters. The first-order chi connectivity index (χ1) is 7.22. The van der Waals surface area contributed by atoms with Crippen LogP contribution in [0.3, 0.4) is 0 Å². The Labute approximate surface area is 94.7 Å². The van der Waals surface area contributed by atoms with Crippen molar-refractivity contribution in [3.8, 4) is 0 Å². The molecule has 0 heterocycles. The standard InChI is InChI=1S/C11H15ClN2O/c12-14-11(15)7-6-10(13)8-9-4-2-1-3-5-9/h1-5,10H,6-8,13H2,(H,14,15)/t10-/m0/s1. The molecule has 0 fully saturated rings. The number of nitrogens with one attached hydrogen (secondary N) is 1. The summed E-state index contributed by atoms with van der Waals surface area (Å²) >= 11 is 5.16. The molecule has 0 aliphatic heterocycles. The average Bonchev–Trinajstić information content (AvgIpc) is 2.27. The first kappa shape index (κ1) is 12.0. The van der Waals surface area contributed by atoms with Crippen molar-refractivity contribution in [2.75, 3.05) is 0 Å². The minimum atomic E-state index is -0.180. The summed E-state index contributed by atoms with van der Waals surface area (Å²) in [5.74, 6) is -0.180. The van der Waals surface area contributed by atoms with E-state index in [-0.39, 0.29) is 11.9 Å². The van der Waals surface area contributed by atoms with Crippen molar-refractivity contribution in [3.05, 3.63) is 35.9 Å². The van der Waals surface area contributed by atoms with Gasteiger partial charge in [0.1, 0.15) is 0 Å². The number of hydrogen-bond donors (Lipinski definition) is 2. The van der Waals surface area contributed by atoms with Gasteiger partial charge in [-0.15, -0.1) is 0 Å². The second-order valence-electron chi connectivity index (χ2n) is 3.51. The first-order valence-electron chi connectivity index (χ1n) is 4.91. The predicted molar refractivity (Wildman–Crippen MR) is 61.4 cm³/mol. The Balaban J connectivity index is 2.30. The third-order valence-corrected chi connectivity index (χ3v) is 2.40. The molecular weight excluding hydrogens is 212 g/mol. The van der Waals surface area contributed by atoms with Crippen molar-refractivity contribution in [2.45, 2.75) is 25.3 Å². The molecule has 3 nitrogen and oxygen atoms in total. The Kier molecular flexibility index (Phi) is 5.15. The van der Waals surface area contributed by atoms with Gasteiger partial charge in [-0.2, -0.15) is 0 Å². The van der Waals surface area contributed by atoms with Gasteiger partial charge in [-0.3, -0.25) is 9.63 Å². The first-order valence-corrected chi connectivity index (χ1v) is 5.29. The zero-order valence-electron chi connectivity index (χ0n) is 8.45. The van der Waals surface area contributed by atoms with Crippen molar-refractivity contribution >= 4 is 17.7 Å². The minimum absolute atomic E-state index is 0.00127. The van der Waals surface area contributed by atoms with Crippen LogP contribution in [0.25, 0.3) is 0 Å². The van der Waals surface area contributed by atoms with Gasteiger partial charge in [0.2, 0.25) is 5.91 Å². The van der Waals surface area contributed by atoms with Crippen LogP contribution in [-0.2, 0) is 11.2 Å². The van der Waals surface area contributed by atoms with Crippen LogP contribution in [0.15, 0.2) is 30.3 Å². The fraction of sp³-hybridized carbons (Fsp3) is 0.364. The summed E-state index contributed by atoms with van der Waals surface area (Å²) in [6, 6.07) is 9.99. The third-order valence-electron chi connectivity index (χ3n) is 2.19. The van der Waals surface area contributed by atoms with E-state index in [2.05, 4.69) is 4.84 Å². The van der Waals surface area contributed by atoms with Crippen molar-refractivity contribution in [3.63, 3.8) is 0 Å². The Morgan fingerprint density at radius 1 is 1.40 bits per heavy atom. The topological polar surface area (TPSA) is 55.1 Å². The van der Waals surface area contributed by atoms with Crippen LogP contribution in [-0.4, -0.2) is 11.9 Å². The predicted octanol–water partition coefficient (Wildman–Crippen LogP) is 1.61. The van der Waals surface area contributed by atoms with Crippen LogP contribution in [0.1, 0.15) is 18.4 Å². The third kappa shape index (κ3) is 4.81. The maximum absolute atomic E-state index is 10.9. The lowest BCUT2D eigenvalue weighted by atomic mass is 10.0. The molecule has 0 bridgehead atoms. The molecule has 0 radical (unpaired) electrons. The molecule has 1 aromatic carbocycles. The molecule has 82 valence electrons. The van der Waals surface area contributed by atoms with Crippen LogP contribution in [0.2, 0.25) is 0 Å². The van der Waals surface area contributed by atoms with E-state index in [9.17, 15) is 4.79 Å². The van der Waals surface area contributed by atoms with Crippen molar-refractivity contribution in [1.82, 2.24) is 4.84 Å². The molecule has 0 saturated heterocycles. The van der Waals surface area contributed by atoms with Crippen LogP contribution in [0.5, 0.6) is 0 Å². The van der Waals surface area contributed by atoms with E-state index in [0.29, 0.717) is 12.8 Å². The zero-order valence-corrected chi connectivity index (χ0v) is 9.20. The number of hydrogen-bond acceptors (Lipinski definition) is 2. The molecule has 15 heavy (non-hydrogen) atoms. The van der Waals surface area contributed by atoms with E-state index in [1.807, 2.05) is 30.3 Å². The van der Waals surface area contributed by atoms with E-state index >= 15 is 0 Å². The van der Waals surface area contributed by atoms with E-state index in [1.54, 1.807) is 0 Å². The number of amides is 1. The van der Waals surface area contributed by atoms with E-state index in [4.69, 9.17) is 17.5 Å². The number of benzene rings is 1. The molecule has 0 aliphatic rings. The number of carbonyl (C=O) groups excluding carboxylic acids is 1. The molecule has 1 aromatic rings. The van der Waals surface area contributed by atoms with Gasteiger partial charge in [0.05, 0.1) is 0 Å². The van der Waals surface area contributed by atoms with Gasteiger partial charge in [-0.1, -0.05) is 30.3 Å². The normalized spacial score (nSPS) is 12.1. The summed E-state index contributed by atoms with van der Waals surface area (Å²) < 4.78 is 0. The second-order valence-corrected chi connectivity index (χ2v) is 3.70. The van der Waals surface area contributed by atoms with Gasteiger partial charge < -0.3 is 5.73 Å². The largest absolute Gasteiger partial charge is 0.327 e. The van der Waals surface area contributed by atoms with Crippen LogP contribution in [0.4, 0.5) is 0 Å².